The Bertz CT molecular complexity index is 1070. The van der Waals surface area contributed by atoms with Gasteiger partial charge in [-0.1, -0.05) is 6.07 Å². The van der Waals surface area contributed by atoms with E-state index in [2.05, 4.69) is 4.98 Å². The number of hydrogen-bond donors (Lipinski definition) is 0. The number of esters is 1. The van der Waals surface area contributed by atoms with Crippen LogP contribution in [0, 0.1) is 17.0 Å². The van der Waals surface area contributed by atoms with E-state index in [9.17, 15) is 14.9 Å². The lowest BCUT2D eigenvalue weighted by Crippen LogP contribution is -2.37. The maximum atomic E-state index is 12.8. The van der Waals surface area contributed by atoms with Crippen molar-refractivity contribution in [2.75, 3.05) is 31.2 Å². The summed E-state index contributed by atoms with van der Waals surface area (Å²) in [5, 5.41) is 11.2. The third-order valence-corrected chi connectivity index (χ3v) is 4.76. The Hall–Kier alpha value is -3.46. The van der Waals surface area contributed by atoms with Gasteiger partial charge in [-0.15, -0.1) is 0 Å². The summed E-state index contributed by atoms with van der Waals surface area (Å²) in [7, 11) is 0. The van der Waals surface area contributed by atoms with Crippen molar-refractivity contribution >= 4 is 23.0 Å². The number of nitro benzene ring substituents is 1. The van der Waals surface area contributed by atoms with Crippen molar-refractivity contribution in [3.8, 4) is 0 Å². The van der Waals surface area contributed by atoms with Crippen LogP contribution in [-0.4, -0.2) is 46.6 Å². The van der Waals surface area contributed by atoms with Crippen LogP contribution in [-0.2, 0) is 16.1 Å². The van der Waals surface area contributed by atoms with Gasteiger partial charge in [0.25, 0.3) is 5.69 Å². The van der Waals surface area contributed by atoms with E-state index in [4.69, 9.17) is 9.47 Å². The van der Waals surface area contributed by atoms with Crippen LogP contribution in [0.4, 0.5) is 11.4 Å². The first-order valence-corrected chi connectivity index (χ1v) is 9.24. The van der Waals surface area contributed by atoms with E-state index in [-0.39, 0.29) is 17.9 Å². The molecule has 0 unspecified atom stereocenters. The molecule has 2 aromatic heterocycles. The molecule has 0 amide bonds. The molecule has 0 atom stereocenters. The quantitative estimate of drug-likeness (QED) is 0.371. The highest BCUT2D eigenvalue weighted by Crippen LogP contribution is 2.27. The number of morpholine rings is 1. The minimum Gasteiger partial charge on any atom is -0.455 e. The van der Waals surface area contributed by atoms with Gasteiger partial charge in [-0.3, -0.25) is 10.1 Å². The van der Waals surface area contributed by atoms with E-state index in [0.717, 1.165) is 11.2 Å². The largest absolute Gasteiger partial charge is 0.455 e. The number of hydrogen-bond acceptors (Lipinski definition) is 7. The number of benzene rings is 1. The molecule has 3 aromatic rings. The van der Waals surface area contributed by atoms with Crippen LogP contribution < -0.4 is 4.90 Å². The van der Waals surface area contributed by atoms with E-state index >= 15 is 0 Å². The minimum absolute atomic E-state index is 0.0230. The van der Waals surface area contributed by atoms with Gasteiger partial charge >= 0.3 is 5.97 Å². The molecule has 4 rings (SSSR count). The standard InChI is InChI=1S/C20H20N4O5/c1-14-2-5-19-21-15(12-23(19)11-14)13-29-20(25)17-10-16(24(26)27)3-4-18(17)22-6-8-28-9-7-22/h2-5,10-12H,6-9,13H2,1H3. The number of aryl methyl sites for hydroxylation is 1. The van der Waals surface area contributed by atoms with Gasteiger partial charge in [-0.05, 0) is 24.6 Å². The number of nitrogens with zero attached hydrogens (tertiary/aromatic N) is 4. The minimum atomic E-state index is -0.622. The van der Waals surface area contributed by atoms with Crippen molar-refractivity contribution < 1.29 is 19.2 Å². The highest BCUT2D eigenvalue weighted by atomic mass is 16.6. The number of non-ortho nitro benzene ring substituents is 1. The molecule has 150 valence electrons. The van der Waals surface area contributed by atoms with Gasteiger partial charge in [0, 0.05) is 37.6 Å². The Morgan fingerprint density at radius 1 is 1.24 bits per heavy atom. The van der Waals surface area contributed by atoms with Crippen molar-refractivity contribution in [1.29, 1.82) is 0 Å². The fourth-order valence-electron chi connectivity index (χ4n) is 3.32. The number of carbonyl (C=O) groups is 1. The topological polar surface area (TPSA) is 99.2 Å². The second-order valence-corrected chi connectivity index (χ2v) is 6.84. The monoisotopic (exact) mass is 396 g/mol. The lowest BCUT2D eigenvalue weighted by Gasteiger charge is -2.30. The number of aromatic nitrogens is 2. The highest BCUT2D eigenvalue weighted by molar-refractivity contribution is 5.96. The van der Waals surface area contributed by atoms with Gasteiger partial charge in [-0.2, -0.15) is 0 Å². The average Bonchev–Trinajstić information content (AvgIpc) is 3.14. The molecule has 0 radical (unpaired) electrons. The van der Waals surface area contributed by atoms with Crippen LogP contribution in [0.2, 0.25) is 0 Å². The van der Waals surface area contributed by atoms with E-state index in [1.807, 2.05) is 34.6 Å². The third kappa shape index (κ3) is 4.04. The van der Waals surface area contributed by atoms with E-state index in [1.165, 1.54) is 12.1 Å². The number of fused-ring (bicyclic) bond motifs is 1. The van der Waals surface area contributed by atoms with Crippen molar-refractivity contribution in [2.24, 2.45) is 0 Å². The summed E-state index contributed by atoms with van der Waals surface area (Å²) in [6, 6.07) is 8.09. The first kappa shape index (κ1) is 18.9. The highest BCUT2D eigenvalue weighted by Gasteiger charge is 2.23. The van der Waals surface area contributed by atoms with Gasteiger partial charge in [0.1, 0.15) is 12.3 Å². The molecule has 9 nitrogen and oxygen atoms in total. The summed E-state index contributed by atoms with van der Waals surface area (Å²) in [5.74, 6) is -0.622. The molecule has 29 heavy (non-hydrogen) atoms. The SMILES string of the molecule is Cc1ccc2nc(COC(=O)c3cc([N+](=O)[O-])ccc3N3CCOCC3)cn2c1. The van der Waals surface area contributed by atoms with Crippen LogP contribution >= 0.6 is 0 Å². The third-order valence-electron chi connectivity index (χ3n) is 4.76. The molecule has 1 saturated heterocycles. The molecule has 1 fully saturated rings. The fraction of sp³-hybridized carbons (Fsp3) is 0.300. The Morgan fingerprint density at radius 3 is 2.79 bits per heavy atom. The summed E-state index contributed by atoms with van der Waals surface area (Å²) in [4.78, 5) is 29.8. The van der Waals surface area contributed by atoms with E-state index < -0.39 is 10.9 Å². The maximum Gasteiger partial charge on any atom is 0.340 e. The first-order chi connectivity index (χ1) is 14.0. The maximum absolute atomic E-state index is 12.8. The van der Waals surface area contributed by atoms with Crippen molar-refractivity contribution in [1.82, 2.24) is 9.38 Å². The molecular weight excluding hydrogens is 376 g/mol. The number of anilines is 1. The Labute approximate surface area is 166 Å². The summed E-state index contributed by atoms with van der Waals surface area (Å²) >= 11 is 0. The van der Waals surface area contributed by atoms with Crippen LogP contribution in [0.1, 0.15) is 21.6 Å². The van der Waals surface area contributed by atoms with Crippen molar-refractivity contribution in [3.63, 3.8) is 0 Å². The molecule has 1 aliphatic rings. The Balaban J connectivity index is 1.57. The first-order valence-electron chi connectivity index (χ1n) is 9.24. The number of carbonyl (C=O) groups excluding carboxylic acids is 1. The number of ether oxygens (including phenoxy) is 2. The van der Waals surface area contributed by atoms with Crippen LogP contribution in [0.15, 0.2) is 42.7 Å². The fourth-order valence-corrected chi connectivity index (χ4v) is 3.32. The van der Waals surface area contributed by atoms with Crippen molar-refractivity contribution in [2.45, 2.75) is 13.5 Å². The molecule has 3 heterocycles. The Morgan fingerprint density at radius 2 is 2.03 bits per heavy atom. The Kier molecular flexibility index (Phi) is 5.13. The van der Waals surface area contributed by atoms with Gasteiger partial charge in [-0.25, -0.2) is 9.78 Å². The molecule has 0 aliphatic carbocycles. The van der Waals surface area contributed by atoms with Gasteiger partial charge < -0.3 is 18.8 Å². The van der Waals surface area contributed by atoms with Crippen molar-refractivity contribution in [3.05, 3.63) is 69.7 Å². The number of rotatable bonds is 5. The van der Waals surface area contributed by atoms with E-state index in [1.54, 1.807) is 12.3 Å². The normalized spacial score (nSPS) is 14.2. The molecule has 0 spiro atoms. The molecule has 0 saturated carbocycles. The predicted molar refractivity (Wildman–Crippen MR) is 105 cm³/mol. The number of pyridine rings is 1. The van der Waals surface area contributed by atoms with Gasteiger partial charge in [0.05, 0.1) is 35.1 Å². The zero-order chi connectivity index (χ0) is 20.4. The smallest absolute Gasteiger partial charge is 0.340 e. The lowest BCUT2D eigenvalue weighted by atomic mass is 10.1. The molecule has 0 bridgehead atoms. The molecule has 0 N–H and O–H groups in total. The van der Waals surface area contributed by atoms with E-state index in [0.29, 0.717) is 37.7 Å². The zero-order valence-corrected chi connectivity index (χ0v) is 15.9. The predicted octanol–water partition coefficient (Wildman–Crippen LogP) is 2.74. The summed E-state index contributed by atoms with van der Waals surface area (Å²) < 4.78 is 12.7. The second-order valence-electron chi connectivity index (χ2n) is 6.84. The second kappa shape index (κ2) is 7.88. The lowest BCUT2D eigenvalue weighted by molar-refractivity contribution is -0.384. The summed E-state index contributed by atoms with van der Waals surface area (Å²) in [6.07, 6.45) is 3.73. The van der Waals surface area contributed by atoms with Gasteiger partial charge in [0.2, 0.25) is 0 Å². The van der Waals surface area contributed by atoms with Crippen LogP contribution in [0.5, 0.6) is 0 Å². The number of imidazole rings is 1. The summed E-state index contributed by atoms with van der Waals surface area (Å²) in [6.45, 7) is 4.23. The average molecular weight is 396 g/mol. The number of nitro groups is 1. The molecule has 1 aromatic carbocycles. The molecule has 9 heteroatoms. The van der Waals surface area contributed by atoms with Gasteiger partial charge in [0.15, 0.2) is 0 Å². The molecule has 1 aliphatic heterocycles. The molecular formula is C20H20N4O5. The summed E-state index contributed by atoms with van der Waals surface area (Å²) in [5.41, 5.74) is 3.06. The zero-order valence-electron chi connectivity index (χ0n) is 15.9. The van der Waals surface area contributed by atoms with Crippen LogP contribution in [0.25, 0.3) is 5.65 Å². The van der Waals surface area contributed by atoms with Crippen LogP contribution in [0.3, 0.4) is 0 Å².